The quantitative estimate of drug-likeness (QED) is 0.643. The van der Waals surface area contributed by atoms with Crippen LogP contribution in [0.2, 0.25) is 0 Å². The Balaban J connectivity index is 2.07. The highest BCUT2D eigenvalue weighted by molar-refractivity contribution is 7.92. The van der Waals surface area contributed by atoms with Gasteiger partial charge in [0, 0.05) is 33.2 Å². The van der Waals surface area contributed by atoms with E-state index < -0.39 is 14.6 Å². The molecule has 1 fully saturated rings. The molecule has 140 valence electrons. The van der Waals surface area contributed by atoms with Crippen molar-refractivity contribution in [1.29, 1.82) is 0 Å². The molecule has 0 saturated carbocycles. The maximum absolute atomic E-state index is 12.2. The molecule has 1 aliphatic rings. The van der Waals surface area contributed by atoms with Gasteiger partial charge in [-0.2, -0.15) is 0 Å². The zero-order valence-electron chi connectivity index (χ0n) is 15.9. The first-order chi connectivity index (χ1) is 11.7. The highest BCUT2D eigenvalue weighted by Gasteiger charge is 2.40. The molecule has 0 bridgehead atoms. The SMILES string of the molecule is CN=C(NCc1ccccc1CN(C)C)N1CCS(=O)(=O)C(C)(C)C1. The summed E-state index contributed by atoms with van der Waals surface area (Å²) in [6.45, 7) is 6.05. The van der Waals surface area contributed by atoms with Crippen LogP contribution in [0.25, 0.3) is 0 Å². The van der Waals surface area contributed by atoms with Crippen LogP contribution in [0.15, 0.2) is 29.3 Å². The number of hydrogen-bond acceptors (Lipinski definition) is 4. The molecular weight excluding hydrogens is 336 g/mol. The smallest absolute Gasteiger partial charge is 0.193 e. The lowest BCUT2D eigenvalue weighted by atomic mass is 10.1. The first kappa shape index (κ1) is 19.7. The van der Waals surface area contributed by atoms with E-state index in [9.17, 15) is 8.42 Å². The average molecular weight is 367 g/mol. The van der Waals surface area contributed by atoms with Gasteiger partial charge in [-0.05, 0) is 39.1 Å². The molecule has 0 aromatic heterocycles. The molecule has 1 N–H and O–H groups in total. The standard InChI is InChI=1S/C18H30N4O2S/c1-18(2)14-22(10-11-25(18,23)24)17(19-3)20-12-15-8-6-7-9-16(15)13-21(4)5/h6-9H,10-14H2,1-5H3,(H,19,20). The number of rotatable bonds is 4. The topological polar surface area (TPSA) is 65.0 Å². The van der Waals surface area contributed by atoms with Crippen molar-refractivity contribution in [3.63, 3.8) is 0 Å². The van der Waals surface area contributed by atoms with E-state index in [1.165, 1.54) is 11.1 Å². The Morgan fingerprint density at radius 3 is 2.48 bits per heavy atom. The summed E-state index contributed by atoms with van der Waals surface area (Å²) < 4.78 is 23.6. The first-order valence-corrected chi connectivity index (χ1v) is 10.2. The van der Waals surface area contributed by atoms with Crippen LogP contribution in [0.3, 0.4) is 0 Å². The molecule has 1 aromatic rings. The number of guanidine groups is 1. The molecule has 6 nitrogen and oxygen atoms in total. The van der Waals surface area contributed by atoms with Crippen molar-refractivity contribution >= 4 is 15.8 Å². The number of benzene rings is 1. The van der Waals surface area contributed by atoms with E-state index in [0.717, 1.165) is 12.5 Å². The minimum atomic E-state index is -3.05. The van der Waals surface area contributed by atoms with Crippen molar-refractivity contribution in [3.8, 4) is 0 Å². The predicted molar refractivity (Wildman–Crippen MR) is 103 cm³/mol. The van der Waals surface area contributed by atoms with Gasteiger partial charge in [0.15, 0.2) is 15.8 Å². The fourth-order valence-corrected chi connectivity index (χ4v) is 4.42. The van der Waals surface area contributed by atoms with Gasteiger partial charge < -0.3 is 15.1 Å². The van der Waals surface area contributed by atoms with Gasteiger partial charge in [0.05, 0.1) is 10.5 Å². The molecular formula is C18H30N4O2S. The van der Waals surface area contributed by atoms with Gasteiger partial charge in [0.2, 0.25) is 0 Å². The maximum Gasteiger partial charge on any atom is 0.193 e. The number of aliphatic imine (C=N–C) groups is 1. The van der Waals surface area contributed by atoms with Gasteiger partial charge in [0.25, 0.3) is 0 Å². The second-order valence-electron chi connectivity index (χ2n) is 7.41. The lowest BCUT2D eigenvalue weighted by molar-refractivity contribution is 0.353. The van der Waals surface area contributed by atoms with Gasteiger partial charge in [0.1, 0.15) is 0 Å². The molecule has 0 spiro atoms. The first-order valence-electron chi connectivity index (χ1n) is 8.56. The van der Waals surface area contributed by atoms with Crippen molar-refractivity contribution < 1.29 is 8.42 Å². The van der Waals surface area contributed by atoms with Gasteiger partial charge in [-0.25, -0.2) is 8.42 Å². The molecule has 0 radical (unpaired) electrons. The van der Waals surface area contributed by atoms with Crippen molar-refractivity contribution in [2.24, 2.45) is 4.99 Å². The third-order valence-corrected chi connectivity index (χ3v) is 7.13. The normalized spacial score (nSPS) is 19.9. The third-order valence-electron chi connectivity index (χ3n) is 4.60. The molecule has 0 aliphatic carbocycles. The number of sulfone groups is 1. The van der Waals surface area contributed by atoms with Crippen LogP contribution >= 0.6 is 0 Å². The zero-order chi connectivity index (χ0) is 18.7. The molecule has 0 atom stereocenters. The largest absolute Gasteiger partial charge is 0.352 e. The summed E-state index contributed by atoms with van der Waals surface area (Å²) in [6, 6.07) is 8.34. The average Bonchev–Trinajstić information content (AvgIpc) is 2.52. The van der Waals surface area contributed by atoms with Crippen LogP contribution < -0.4 is 5.32 Å². The second kappa shape index (κ2) is 7.74. The van der Waals surface area contributed by atoms with Crippen LogP contribution in [0.5, 0.6) is 0 Å². The Hall–Kier alpha value is -1.60. The summed E-state index contributed by atoms with van der Waals surface area (Å²) in [7, 11) is 2.80. The van der Waals surface area contributed by atoms with Gasteiger partial charge in [-0.15, -0.1) is 0 Å². The summed E-state index contributed by atoms with van der Waals surface area (Å²) in [5.41, 5.74) is 2.50. The number of nitrogens with zero attached hydrogens (tertiary/aromatic N) is 3. The highest BCUT2D eigenvalue weighted by atomic mass is 32.2. The minimum absolute atomic E-state index is 0.165. The molecule has 1 heterocycles. The summed E-state index contributed by atoms with van der Waals surface area (Å²) in [5, 5.41) is 3.40. The van der Waals surface area contributed by atoms with E-state index >= 15 is 0 Å². The predicted octanol–water partition coefficient (Wildman–Crippen LogP) is 1.33. The molecule has 7 heteroatoms. The molecule has 1 aromatic carbocycles. The molecule has 1 saturated heterocycles. The van der Waals surface area contributed by atoms with Gasteiger partial charge >= 0.3 is 0 Å². The van der Waals surface area contributed by atoms with E-state index in [4.69, 9.17) is 0 Å². The third kappa shape index (κ3) is 4.73. The van der Waals surface area contributed by atoms with E-state index in [-0.39, 0.29) is 5.75 Å². The summed E-state index contributed by atoms with van der Waals surface area (Å²) in [6.07, 6.45) is 0. The summed E-state index contributed by atoms with van der Waals surface area (Å²) in [5.74, 6) is 0.917. The zero-order valence-corrected chi connectivity index (χ0v) is 16.7. The monoisotopic (exact) mass is 366 g/mol. The van der Waals surface area contributed by atoms with Crippen molar-refractivity contribution in [1.82, 2.24) is 15.1 Å². The lowest BCUT2D eigenvalue weighted by Crippen LogP contribution is -2.57. The van der Waals surface area contributed by atoms with Crippen molar-refractivity contribution in [3.05, 3.63) is 35.4 Å². The van der Waals surface area contributed by atoms with E-state index in [2.05, 4.69) is 47.5 Å². The molecule has 25 heavy (non-hydrogen) atoms. The van der Waals surface area contributed by atoms with E-state index in [0.29, 0.717) is 19.6 Å². The Morgan fingerprint density at radius 2 is 1.92 bits per heavy atom. The van der Waals surface area contributed by atoms with Crippen molar-refractivity contribution in [2.45, 2.75) is 31.7 Å². The Bertz CT molecular complexity index is 726. The Morgan fingerprint density at radius 1 is 1.28 bits per heavy atom. The molecule has 0 unspecified atom stereocenters. The minimum Gasteiger partial charge on any atom is -0.352 e. The van der Waals surface area contributed by atoms with Crippen molar-refractivity contribution in [2.75, 3.05) is 40.0 Å². The van der Waals surface area contributed by atoms with Crippen LogP contribution in [-0.2, 0) is 22.9 Å². The maximum atomic E-state index is 12.2. The lowest BCUT2D eigenvalue weighted by Gasteiger charge is -2.39. The van der Waals surface area contributed by atoms with E-state index in [1.807, 2.05) is 11.0 Å². The summed E-state index contributed by atoms with van der Waals surface area (Å²) >= 11 is 0. The molecule has 2 rings (SSSR count). The number of hydrogen-bond donors (Lipinski definition) is 1. The van der Waals surface area contributed by atoms with Gasteiger partial charge in [-0.3, -0.25) is 4.99 Å². The van der Waals surface area contributed by atoms with Crippen LogP contribution in [0.1, 0.15) is 25.0 Å². The fraction of sp³-hybridized carbons (Fsp3) is 0.611. The summed E-state index contributed by atoms with van der Waals surface area (Å²) in [4.78, 5) is 8.54. The van der Waals surface area contributed by atoms with Crippen LogP contribution in [0.4, 0.5) is 0 Å². The number of nitrogens with one attached hydrogen (secondary N) is 1. The van der Waals surface area contributed by atoms with E-state index in [1.54, 1.807) is 20.9 Å². The van der Waals surface area contributed by atoms with Crippen LogP contribution in [0, 0.1) is 0 Å². The Labute approximate surface area is 151 Å². The highest BCUT2D eigenvalue weighted by Crippen LogP contribution is 2.23. The molecule has 1 aliphatic heterocycles. The fourth-order valence-electron chi connectivity index (χ4n) is 3.06. The molecule has 0 amide bonds. The Kier molecular flexibility index (Phi) is 6.11. The van der Waals surface area contributed by atoms with Crippen LogP contribution in [-0.4, -0.2) is 68.9 Å². The second-order valence-corrected chi connectivity index (χ2v) is 10.2. The van der Waals surface area contributed by atoms with Gasteiger partial charge in [-0.1, -0.05) is 24.3 Å².